The molecule has 1 amide bonds. The van der Waals surface area contributed by atoms with Gasteiger partial charge < -0.3 is 19.5 Å². The molecular formula is C17H25N3O7S. The van der Waals surface area contributed by atoms with Crippen LogP contribution in [0.2, 0.25) is 0 Å². The molecule has 0 aromatic carbocycles. The number of carbonyl (C=O) groups excluding carboxylic acids is 2. The molecule has 0 radical (unpaired) electrons. The van der Waals surface area contributed by atoms with Crippen LogP contribution in [-0.2, 0) is 28.9 Å². The quantitative estimate of drug-likeness (QED) is 0.591. The molecule has 1 aliphatic rings. The van der Waals surface area contributed by atoms with Gasteiger partial charge >= 0.3 is 5.97 Å². The molecule has 1 fully saturated rings. The zero-order valence-electron chi connectivity index (χ0n) is 16.4. The maximum absolute atomic E-state index is 13.3. The Morgan fingerprint density at radius 1 is 1.14 bits per heavy atom. The molecule has 1 aliphatic carbocycles. The number of esters is 1. The van der Waals surface area contributed by atoms with E-state index in [0.29, 0.717) is 12.8 Å². The van der Waals surface area contributed by atoms with Crippen molar-refractivity contribution >= 4 is 21.7 Å². The Kier molecular flexibility index (Phi) is 6.81. The van der Waals surface area contributed by atoms with E-state index in [-0.39, 0.29) is 17.6 Å². The van der Waals surface area contributed by atoms with Gasteiger partial charge in [0.25, 0.3) is 0 Å². The Morgan fingerprint density at radius 3 is 2.11 bits per heavy atom. The summed E-state index contributed by atoms with van der Waals surface area (Å²) in [7, 11) is -0.172. The van der Waals surface area contributed by atoms with E-state index in [2.05, 4.69) is 20.0 Å². The number of hydrogen-bond acceptors (Lipinski definition) is 9. The van der Waals surface area contributed by atoms with Crippen molar-refractivity contribution in [1.29, 1.82) is 0 Å². The smallest absolute Gasteiger partial charge is 0.325 e. The third-order valence-electron chi connectivity index (χ3n) is 4.90. The van der Waals surface area contributed by atoms with Gasteiger partial charge in [0.05, 0.1) is 27.4 Å². The number of nitrogens with one attached hydrogen (secondary N) is 1. The summed E-state index contributed by atoms with van der Waals surface area (Å²) in [4.78, 5) is 33.1. The zero-order chi connectivity index (χ0) is 20.9. The summed E-state index contributed by atoms with van der Waals surface area (Å²) in [6, 6.07) is 1.39. The van der Waals surface area contributed by atoms with Crippen LogP contribution in [0.3, 0.4) is 0 Å². The van der Waals surface area contributed by atoms with Crippen LogP contribution in [0.4, 0.5) is 0 Å². The number of rotatable bonds is 8. The molecule has 0 bridgehead atoms. The summed E-state index contributed by atoms with van der Waals surface area (Å²) >= 11 is 0. The van der Waals surface area contributed by atoms with Crippen molar-refractivity contribution in [3.63, 3.8) is 0 Å². The van der Waals surface area contributed by atoms with Gasteiger partial charge in [0.2, 0.25) is 22.4 Å². The van der Waals surface area contributed by atoms with Gasteiger partial charge in [-0.25, -0.2) is 8.42 Å². The van der Waals surface area contributed by atoms with Crippen molar-refractivity contribution < 1.29 is 32.2 Å². The largest absolute Gasteiger partial charge is 0.481 e. The fraction of sp³-hybridized carbons (Fsp3) is 0.647. The lowest BCUT2D eigenvalue weighted by Gasteiger charge is -2.34. The summed E-state index contributed by atoms with van der Waals surface area (Å²) < 4.78 is 38.8. The summed E-state index contributed by atoms with van der Waals surface area (Å²) in [6.07, 6.45) is 3.52. The number of sulfone groups is 1. The second-order valence-corrected chi connectivity index (χ2v) is 8.71. The monoisotopic (exact) mass is 415 g/mol. The van der Waals surface area contributed by atoms with Gasteiger partial charge in [0.15, 0.2) is 15.7 Å². The van der Waals surface area contributed by atoms with Gasteiger partial charge in [-0.05, 0) is 18.8 Å². The highest BCUT2D eigenvalue weighted by Crippen LogP contribution is 2.45. The minimum Gasteiger partial charge on any atom is -0.481 e. The standard InChI is InChI=1S/C17H25N3O7S/c1-25-12-9-13(26-2)20-15(19-12)17(28(4,23)24,11-7-5-6-8-11)16(22)18-10-14(21)27-3/h9,11H,5-8,10H2,1-4H3,(H,18,22). The normalized spacial score (nSPS) is 16.9. The number of methoxy groups -OCH3 is 3. The van der Waals surface area contributed by atoms with E-state index in [1.807, 2.05) is 0 Å². The fourth-order valence-corrected chi connectivity index (χ4v) is 5.25. The second kappa shape index (κ2) is 8.72. The van der Waals surface area contributed by atoms with Crippen LogP contribution in [0.25, 0.3) is 0 Å². The molecule has 1 heterocycles. The molecule has 1 saturated carbocycles. The lowest BCUT2D eigenvalue weighted by molar-refractivity contribution is -0.141. The van der Waals surface area contributed by atoms with E-state index in [1.165, 1.54) is 27.4 Å². The molecule has 2 rings (SSSR count). The van der Waals surface area contributed by atoms with Gasteiger partial charge in [-0.3, -0.25) is 9.59 Å². The van der Waals surface area contributed by atoms with E-state index in [9.17, 15) is 18.0 Å². The molecule has 0 spiro atoms. The molecule has 156 valence electrons. The molecular weight excluding hydrogens is 390 g/mol. The lowest BCUT2D eigenvalue weighted by atomic mass is 9.87. The Hall–Kier alpha value is -2.43. The van der Waals surface area contributed by atoms with Gasteiger partial charge in [-0.1, -0.05) is 12.8 Å². The van der Waals surface area contributed by atoms with E-state index in [1.54, 1.807) is 0 Å². The number of nitrogens with zero attached hydrogens (tertiary/aromatic N) is 2. The molecule has 0 aliphatic heterocycles. The van der Waals surface area contributed by atoms with E-state index in [0.717, 1.165) is 19.1 Å². The van der Waals surface area contributed by atoms with E-state index >= 15 is 0 Å². The number of carbonyl (C=O) groups is 2. The number of ether oxygens (including phenoxy) is 3. The molecule has 1 atom stereocenters. The van der Waals surface area contributed by atoms with E-state index < -0.39 is 38.9 Å². The van der Waals surface area contributed by atoms with Crippen LogP contribution in [0, 0.1) is 5.92 Å². The highest BCUT2D eigenvalue weighted by atomic mass is 32.2. The first-order chi connectivity index (χ1) is 13.2. The summed E-state index contributed by atoms with van der Waals surface area (Å²) in [5.74, 6) is -2.24. The molecule has 1 aromatic rings. The summed E-state index contributed by atoms with van der Waals surface area (Å²) in [5.41, 5.74) is 0. The molecule has 0 saturated heterocycles. The van der Waals surface area contributed by atoms with Crippen LogP contribution in [0.5, 0.6) is 11.8 Å². The van der Waals surface area contributed by atoms with Gasteiger partial charge in [-0.2, -0.15) is 9.97 Å². The van der Waals surface area contributed by atoms with Crippen LogP contribution < -0.4 is 14.8 Å². The molecule has 1 N–H and O–H groups in total. The van der Waals surface area contributed by atoms with Crippen molar-refractivity contribution in [3.8, 4) is 11.8 Å². The van der Waals surface area contributed by atoms with Crippen LogP contribution in [0.1, 0.15) is 31.5 Å². The molecule has 1 unspecified atom stereocenters. The fourth-order valence-electron chi connectivity index (χ4n) is 3.57. The highest BCUT2D eigenvalue weighted by Gasteiger charge is 2.58. The maximum Gasteiger partial charge on any atom is 0.325 e. The number of aromatic nitrogens is 2. The van der Waals surface area contributed by atoms with E-state index in [4.69, 9.17) is 9.47 Å². The maximum atomic E-state index is 13.3. The molecule has 1 aromatic heterocycles. The van der Waals surface area contributed by atoms with Crippen molar-refractivity contribution in [2.45, 2.75) is 30.4 Å². The average Bonchev–Trinajstić information content (AvgIpc) is 3.19. The van der Waals surface area contributed by atoms with Gasteiger partial charge in [0.1, 0.15) is 6.54 Å². The second-order valence-electron chi connectivity index (χ2n) is 6.52. The third-order valence-corrected chi connectivity index (χ3v) is 6.77. The van der Waals surface area contributed by atoms with Crippen molar-refractivity contribution in [2.24, 2.45) is 5.92 Å². The third kappa shape index (κ3) is 4.03. The Bertz CT molecular complexity index is 815. The number of hydrogen-bond donors (Lipinski definition) is 1. The van der Waals surface area contributed by atoms with Crippen molar-refractivity contribution in [3.05, 3.63) is 11.9 Å². The van der Waals surface area contributed by atoms with Crippen LogP contribution >= 0.6 is 0 Å². The van der Waals surface area contributed by atoms with Crippen molar-refractivity contribution in [2.75, 3.05) is 34.1 Å². The minimum absolute atomic E-state index is 0.0636. The lowest BCUT2D eigenvalue weighted by Crippen LogP contribution is -2.55. The first kappa shape index (κ1) is 21.9. The predicted molar refractivity (Wildman–Crippen MR) is 98.6 cm³/mol. The molecule has 10 nitrogen and oxygen atoms in total. The Morgan fingerprint density at radius 2 is 1.68 bits per heavy atom. The van der Waals surface area contributed by atoms with Crippen LogP contribution in [-0.4, -0.2) is 64.4 Å². The predicted octanol–water partition coefficient (Wildman–Crippen LogP) is 0.213. The number of amides is 1. The summed E-state index contributed by atoms with van der Waals surface area (Å²) in [6.45, 7) is -0.472. The first-order valence-electron chi connectivity index (χ1n) is 8.73. The highest BCUT2D eigenvalue weighted by molar-refractivity contribution is 7.92. The molecule has 11 heteroatoms. The average molecular weight is 415 g/mol. The first-order valence-corrected chi connectivity index (χ1v) is 10.6. The van der Waals surface area contributed by atoms with Crippen molar-refractivity contribution in [1.82, 2.24) is 15.3 Å². The van der Waals surface area contributed by atoms with Gasteiger partial charge in [0, 0.05) is 6.26 Å². The summed E-state index contributed by atoms with van der Waals surface area (Å²) in [5, 5.41) is 2.38. The zero-order valence-corrected chi connectivity index (χ0v) is 17.2. The SMILES string of the molecule is COC(=O)CNC(=O)C(c1nc(OC)cc(OC)n1)(C1CCCC1)S(C)(=O)=O. The topological polar surface area (TPSA) is 134 Å². The van der Waals surface area contributed by atoms with Gasteiger partial charge in [-0.15, -0.1) is 0 Å². The Labute approximate surface area is 163 Å². The van der Waals surface area contributed by atoms with Crippen LogP contribution in [0.15, 0.2) is 6.07 Å². The Balaban J connectivity index is 2.70. The minimum atomic E-state index is -4.07. The molecule has 28 heavy (non-hydrogen) atoms.